The topological polar surface area (TPSA) is 64.6 Å². The van der Waals surface area contributed by atoms with Crippen LogP contribution in [0, 0.1) is 5.82 Å². The summed E-state index contributed by atoms with van der Waals surface area (Å²) in [6.07, 6.45) is -0.585. The Hall–Kier alpha value is -2.11. The summed E-state index contributed by atoms with van der Waals surface area (Å²) in [5.41, 5.74) is 0.576. The molecule has 0 aliphatic carbocycles. The van der Waals surface area contributed by atoms with E-state index in [-0.39, 0.29) is 13.0 Å². The molecule has 0 aliphatic heterocycles. The van der Waals surface area contributed by atoms with E-state index < -0.39 is 23.9 Å². The van der Waals surface area contributed by atoms with Gasteiger partial charge in [-0.1, -0.05) is 12.1 Å². The van der Waals surface area contributed by atoms with E-state index in [1.165, 1.54) is 25.3 Å². The number of esters is 1. The summed E-state index contributed by atoms with van der Waals surface area (Å²) >= 11 is 0. The summed E-state index contributed by atoms with van der Waals surface area (Å²) in [5, 5.41) is 2.38. The van der Waals surface area contributed by atoms with Crippen molar-refractivity contribution < 1.29 is 23.5 Å². The lowest BCUT2D eigenvalue weighted by Gasteiger charge is -2.16. The van der Waals surface area contributed by atoms with Crippen molar-refractivity contribution in [2.45, 2.75) is 19.4 Å². The summed E-state index contributed by atoms with van der Waals surface area (Å²) in [6, 6.07) is 4.87. The van der Waals surface area contributed by atoms with Crippen LogP contribution >= 0.6 is 0 Å². The van der Waals surface area contributed by atoms with Crippen LogP contribution in [0.4, 0.5) is 9.18 Å². The van der Waals surface area contributed by atoms with Crippen LogP contribution in [0.3, 0.4) is 0 Å². The SMILES string of the molecule is CCOC(=O)N[C@@H](Cc1cccc(F)c1)C(=O)OC. The molecule has 6 heteroatoms. The summed E-state index contributed by atoms with van der Waals surface area (Å²) in [5.74, 6) is -1.02. The molecule has 0 heterocycles. The van der Waals surface area contributed by atoms with Gasteiger partial charge in [0.2, 0.25) is 0 Å². The van der Waals surface area contributed by atoms with E-state index in [2.05, 4.69) is 10.1 Å². The number of carbonyl (C=O) groups is 2. The van der Waals surface area contributed by atoms with Gasteiger partial charge in [-0.3, -0.25) is 0 Å². The average Bonchev–Trinajstić information content (AvgIpc) is 2.37. The minimum absolute atomic E-state index is 0.128. The van der Waals surface area contributed by atoms with Crippen LogP contribution in [-0.4, -0.2) is 31.8 Å². The van der Waals surface area contributed by atoms with Gasteiger partial charge in [-0.05, 0) is 24.6 Å². The van der Waals surface area contributed by atoms with Crippen LogP contribution in [-0.2, 0) is 20.7 Å². The van der Waals surface area contributed by atoms with E-state index >= 15 is 0 Å². The lowest BCUT2D eigenvalue weighted by atomic mass is 10.1. The molecule has 104 valence electrons. The number of nitrogens with one attached hydrogen (secondary N) is 1. The molecule has 1 N–H and O–H groups in total. The van der Waals surface area contributed by atoms with Crippen LogP contribution in [0.1, 0.15) is 12.5 Å². The van der Waals surface area contributed by atoms with Crippen LogP contribution < -0.4 is 5.32 Å². The minimum atomic E-state index is -0.911. The molecule has 0 saturated heterocycles. The van der Waals surface area contributed by atoms with E-state index in [4.69, 9.17) is 4.74 Å². The quantitative estimate of drug-likeness (QED) is 0.826. The van der Waals surface area contributed by atoms with Crippen molar-refractivity contribution in [2.75, 3.05) is 13.7 Å². The van der Waals surface area contributed by atoms with Crippen LogP contribution in [0.2, 0.25) is 0 Å². The van der Waals surface area contributed by atoms with Gasteiger partial charge in [0.1, 0.15) is 11.9 Å². The lowest BCUT2D eigenvalue weighted by Crippen LogP contribution is -2.43. The summed E-state index contributed by atoms with van der Waals surface area (Å²) in [4.78, 5) is 22.9. The fourth-order valence-corrected chi connectivity index (χ4v) is 1.55. The average molecular weight is 269 g/mol. The Bertz CT molecular complexity index is 450. The highest BCUT2D eigenvalue weighted by molar-refractivity contribution is 5.81. The summed E-state index contributed by atoms with van der Waals surface area (Å²) in [6.45, 7) is 1.85. The third-order valence-electron chi connectivity index (χ3n) is 2.38. The Balaban J connectivity index is 2.74. The van der Waals surface area contributed by atoms with Crippen molar-refractivity contribution in [1.82, 2.24) is 5.32 Å². The smallest absolute Gasteiger partial charge is 0.407 e. The van der Waals surface area contributed by atoms with Gasteiger partial charge in [-0.15, -0.1) is 0 Å². The number of amides is 1. The highest BCUT2D eigenvalue weighted by Gasteiger charge is 2.22. The van der Waals surface area contributed by atoms with Crippen molar-refractivity contribution in [3.63, 3.8) is 0 Å². The maximum atomic E-state index is 13.1. The predicted molar refractivity (Wildman–Crippen MR) is 66.1 cm³/mol. The maximum Gasteiger partial charge on any atom is 0.407 e. The molecule has 0 saturated carbocycles. The highest BCUT2D eigenvalue weighted by atomic mass is 19.1. The first-order chi connectivity index (χ1) is 9.06. The van der Waals surface area contributed by atoms with Crippen molar-refractivity contribution in [2.24, 2.45) is 0 Å². The number of carbonyl (C=O) groups excluding carboxylic acids is 2. The van der Waals surface area contributed by atoms with E-state index in [0.29, 0.717) is 5.56 Å². The molecule has 1 rings (SSSR count). The number of hydrogen-bond donors (Lipinski definition) is 1. The van der Waals surface area contributed by atoms with Crippen molar-refractivity contribution >= 4 is 12.1 Å². The zero-order valence-corrected chi connectivity index (χ0v) is 10.8. The van der Waals surface area contributed by atoms with Gasteiger partial charge in [-0.25, -0.2) is 14.0 Å². The predicted octanol–water partition coefficient (Wildman–Crippen LogP) is 1.66. The Labute approximate surface area is 110 Å². The normalized spacial score (nSPS) is 11.5. The molecule has 0 bridgehead atoms. The number of rotatable bonds is 5. The maximum absolute atomic E-state index is 13.1. The zero-order valence-electron chi connectivity index (χ0n) is 10.8. The minimum Gasteiger partial charge on any atom is -0.467 e. The summed E-state index contributed by atoms with van der Waals surface area (Å²) < 4.78 is 22.3. The van der Waals surface area contributed by atoms with Gasteiger partial charge >= 0.3 is 12.1 Å². The number of ether oxygens (including phenoxy) is 2. The van der Waals surface area contributed by atoms with E-state index in [0.717, 1.165) is 0 Å². The number of benzene rings is 1. The van der Waals surface area contributed by atoms with Crippen LogP contribution in [0.5, 0.6) is 0 Å². The third kappa shape index (κ3) is 4.95. The molecule has 1 atom stereocenters. The number of halogens is 1. The Morgan fingerprint density at radius 1 is 1.42 bits per heavy atom. The molecule has 0 fully saturated rings. The third-order valence-corrected chi connectivity index (χ3v) is 2.38. The van der Waals surface area contributed by atoms with Gasteiger partial charge in [0.15, 0.2) is 0 Å². The Kier molecular flexibility index (Phi) is 5.78. The van der Waals surface area contributed by atoms with E-state index in [1.54, 1.807) is 13.0 Å². The van der Waals surface area contributed by atoms with Gasteiger partial charge in [0, 0.05) is 6.42 Å². The number of hydrogen-bond acceptors (Lipinski definition) is 4. The standard InChI is InChI=1S/C13H16FNO4/c1-3-19-13(17)15-11(12(16)18-2)8-9-5-4-6-10(14)7-9/h4-7,11H,3,8H2,1-2H3,(H,15,17)/t11-/m0/s1. The van der Waals surface area contributed by atoms with Crippen LogP contribution in [0.25, 0.3) is 0 Å². The molecule has 0 unspecified atom stereocenters. The monoisotopic (exact) mass is 269 g/mol. The first-order valence-corrected chi connectivity index (χ1v) is 5.82. The van der Waals surface area contributed by atoms with Gasteiger partial charge in [0.25, 0.3) is 0 Å². The number of methoxy groups -OCH3 is 1. The number of alkyl carbamates (subject to hydrolysis) is 1. The van der Waals surface area contributed by atoms with Gasteiger partial charge in [-0.2, -0.15) is 0 Å². The first kappa shape index (κ1) is 14.9. The zero-order chi connectivity index (χ0) is 14.3. The molecule has 0 aliphatic rings. The molecule has 1 aromatic rings. The first-order valence-electron chi connectivity index (χ1n) is 5.82. The fourth-order valence-electron chi connectivity index (χ4n) is 1.55. The molecule has 0 spiro atoms. The molecular weight excluding hydrogens is 253 g/mol. The second kappa shape index (κ2) is 7.35. The van der Waals surface area contributed by atoms with Gasteiger partial charge in [0.05, 0.1) is 13.7 Å². The second-order valence-corrected chi connectivity index (χ2v) is 3.77. The molecule has 5 nitrogen and oxygen atoms in total. The molecular formula is C13H16FNO4. The summed E-state index contributed by atoms with van der Waals surface area (Å²) in [7, 11) is 1.22. The molecule has 1 aromatic carbocycles. The van der Waals surface area contributed by atoms with Crippen molar-refractivity contribution in [3.8, 4) is 0 Å². The lowest BCUT2D eigenvalue weighted by molar-refractivity contribution is -0.142. The highest BCUT2D eigenvalue weighted by Crippen LogP contribution is 2.07. The molecule has 19 heavy (non-hydrogen) atoms. The van der Waals surface area contributed by atoms with Crippen molar-refractivity contribution in [3.05, 3.63) is 35.6 Å². The fraction of sp³-hybridized carbons (Fsp3) is 0.385. The van der Waals surface area contributed by atoms with Gasteiger partial charge < -0.3 is 14.8 Å². The molecule has 0 radical (unpaired) electrons. The van der Waals surface area contributed by atoms with E-state index in [1.807, 2.05) is 0 Å². The van der Waals surface area contributed by atoms with E-state index in [9.17, 15) is 14.0 Å². The second-order valence-electron chi connectivity index (χ2n) is 3.77. The molecule has 1 amide bonds. The van der Waals surface area contributed by atoms with Crippen LogP contribution in [0.15, 0.2) is 24.3 Å². The van der Waals surface area contributed by atoms with Crippen molar-refractivity contribution in [1.29, 1.82) is 0 Å². The Morgan fingerprint density at radius 3 is 2.74 bits per heavy atom. The molecule has 0 aromatic heterocycles. The Morgan fingerprint density at radius 2 is 2.16 bits per heavy atom. The largest absolute Gasteiger partial charge is 0.467 e.